The van der Waals surface area contributed by atoms with Gasteiger partial charge in [0.05, 0.1) is 22.6 Å². The topological polar surface area (TPSA) is 53.0 Å². The molecule has 36 heavy (non-hydrogen) atoms. The van der Waals surface area contributed by atoms with Crippen molar-refractivity contribution in [1.82, 2.24) is 9.80 Å². The van der Waals surface area contributed by atoms with E-state index in [9.17, 15) is 23.1 Å². The van der Waals surface area contributed by atoms with Crippen LogP contribution in [0.2, 0.25) is 0 Å². The highest BCUT2D eigenvalue weighted by molar-refractivity contribution is 5.92. The van der Waals surface area contributed by atoms with Gasteiger partial charge in [-0.25, -0.2) is 0 Å². The van der Waals surface area contributed by atoms with Crippen molar-refractivity contribution in [1.29, 1.82) is 0 Å². The number of ether oxygens (including phenoxy) is 1. The fourth-order valence-electron chi connectivity index (χ4n) is 7.36. The number of piperidine rings is 1. The number of likely N-dealkylation sites (N-methyl/N-ethyl adjacent to an activating group) is 2. The number of nitrogens with zero attached hydrogens (tertiary/aromatic N) is 2. The van der Waals surface area contributed by atoms with Crippen molar-refractivity contribution in [2.45, 2.75) is 61.1 Å². The Bertz CT molecular complexity index is 1260. The molecule has 2 aliphatic carbocycles. The maximum atomic E-state index is 13.2. The number of likely N-dealkylation sites (tertiary alicyclic amines) is 1. The predicted molar refractivity (Wildman–Crippen MR) is 128 cm³/mol. The van der Waals surface area contributed by atoms with Crippen LogP contribution in [-0.2, 0) is 22.8 Å². The molecule has 1 saturated carbocycles. The van der Waals surface area contributed by atoms with Crippen LogP contribution in [0.3, 0.4) is 0 Å². The molecule has 1 amide bonds. The van der Waals surface area contributed by atoms with Crippen LogP contribution < -0.4 is 4.74 Å². The van der Waals surface area contributed by atoms with Crippen LogP contribution in [-0.4, -0.2) is 65.2 Å². The fourth-order valence-corrected chi connectivity index (χ4v) is 7.36. The number of carbonyl (C=O) groups is 1. The average molecular weight is 499 g/mol. The van der Waals surface area contributed by atoms with Crippen LogP contribution in [0.4, 0.5) is 13.2 Å². The summed E-state index contributed by atoms with van der Waals surface area (Å²) in [6.45, 7) is 0.834. The van der Waals surface area contributed by atoms with Crippen molar-refractivity contribution in [3.63, 3.8) is 0 Å². The quantitative estimate of drug-likeness (QED) is 0.650. The molecule has 1 spiro atoms. The highest BCUT2D eigenvalue weighted by atomic mass is 19.4. The summed E-state index contributed by atoms with van der Waals surface area (Å²) in [6.07, 6.45) is 0.546. The Morgan fingerprint density at radius 3 is 2.78 bits per heavy atom. The van der Waals surface area contributed by atoms with E-state index in [1.54, 1.807) is 11.9 Å². The smallest absolute Gasteiger partial charge is 0.416 e. The number of hydrogen-bond donors (Lipinski definition) is 1. The SMILES string of the molecule is CN1CC[C@]23c4c5cccc4O[C@H]2[C@H](N(C)C(=O)C=Cc2cccc(C(F)(F)F)c2)CC[C@@]3(O)[C@H]1C5. The lowest BCUT2D eigenvalue weighted by molar-refractivity contribution is -0.195. The van der Waals surface area contributed by atoms with Gasteiger partial charge >= 0.3 is 6.18 Å². The summed E-state index contributed by atoms with van der Waals surface area (Å²) >= 11 is 0. The first-order valence-electron chi connectivity index (χ1n) is 12.4. The number of amides is 1. The molecule has 5 atom stereocenters. The third kappa shape index (κ3) is 3.13. The first-order chi connectivity index (χ1) is 17.1. The van der Waals surface area contributed by atoms with Crippen molar-refractivity contribution in [2.75, 3.05) is 20.6 Å². The van der Waals surface area contributed by atoms with Gasteiger partial charge in [0.1, 0.15) is 11.9 Å². The normalized spacial score (nSPS) is 32.8. The number of halogens is 3. The minimum Gasteiger partial charge on any atom is -0.487 e. The lowest BCUT2D eigenvalue weighted by Crippen LogP contribution is -2.77. The zero-order chi connectivity index (χ0) is 25.5. The standard InChI is InChI=1S/C28H29F3N2O3/c1-32-14-13-26-24-18-6-4-8-21(24)36-25(26)20(11-12-27(26,35)22(32)16-18)33(2)23(34)10-9-17-5-3-7-19(15-17)28(29,30)31/h3-10,15,20,22,25,35H,11-14,16H2,1-2H3/t20-,22-,25+,26+,27-/m1/s1. The Balaban J connectivity index is 1.31. The highest BCUT2D eigenvalue weighted by Gasteiger charge is 2.72. The Kier molecular flexibility index (Phi) is 5.12. The highest BCUT2D eigenvalue weighted by Crippen LogP contribution is 2.64. The van der Waals surface area contributed by atoms with E-state index in [0.717, 1.165) is 42.8 Å². The molecule has 6 rings (SSSR count). The van der Waals surface area contributed by atoms with Crippen LogP contribution in [0.5, 0.6) is 5.75 Å². The third-order valence-electron chi connectivity index (χ3n) is 9.07. The van der Waals surface area contributed by atoms with Crippen LogP contribution in [0.1, 0.15) is 41.5 Å². The summed E-state index contributed by atoms with van der Waals surface area (Å²) in [6, 6.07) is 10.7. The molecule has 2 bridgehead atoms. The largest absolute Gasteiger partial charge is 0.487 e. The van der Waals surface area contributed by atoms with Crippen molar-refractivity contribution in [3.8, 4) is 5.75 Å². The van der Waals surface area contributed by atoms with E-state index in [1.807, 2.05) is 12.1 Å². The number of hydrogen-bond acceptors (Lipinski definition) is 4. The molecule has 2 aromatic rings. The number of carbonyl (C=O) groups excluding carboxylic acids is 1. The van der Waals surface area contributed by atoms with Crippen LogP contribution >= 0.6 is 0 Å². The van der Waals surface area contributed by atoms with E-state index in [0.29, 0.717) is 18.4 Å². The number of aliphatic hydroxyl groups is 1. The molecular formula is C28H29F3N2O3. The van der Waals surface area contributed by atoms with Crippen molar-refractivity contribution < 1.29 is 27.8 Å². The second-order valence-corrected chi connectivity index (χ2v) is 10.7. The molecule has 5 nitrogen and oxygen atoms in total. The summed E-state index contributed by atoms with van der Waals surface area (Å²) in [5.74, 6) is 0.491. The second-order valence-electron chi connectivity index (χ2n) is 10.7. The molecule has 2 heterocycles. The van der Waals surface area contributed by atoms with Gasteiger partial charge in [0, 0.05) is 24.7 Å². The first-order valence-corrected chi connectivity index (χ1v) is 12.4. The van der Waals surface area contributed by atoms with Gasteiger partial charge in [-0.1, -0.05) is 24.3 Å². The van der Waals surface area contributed by atoms with E-state index < -0.39 is 22.8 Å². The Labute approximate surface area is 208 Å². The summed E-state index contributed by atoms with van der Waals surface area (Å²) in [5.41, 5.74) is 0.331. The maximum absolute atomic E-state index is 13.2. The fraction of sp³-hybridized carbons (Fsp3) is 0.464. The van der Waals surface area contributed by atoms with Crippen molar-refractivity contribution in [2.24, 2.45) is 0 Å². The monoisotopic (exact) mass is 498 g/mol. The summed E-state index contributed by atoms with van der Waals surface area (Å²) in [7, 11) is 3.78. The first kappa shape index (κ1) is 23.6. The van der Waals surface area contributed by atoms with E-state index in [2.05, 4.69) is 18.0 Å². The average Bonchev–Trinajstić information content (AvgIpc) is 3.19. The van der Waals surface area contributed by atoms with Crippen LogP contribution in [0, 0.1) is 0 Å². The van der Waals surface area contributed by atoms with Gasteiger partial charge in [-0.05, 0) is 74.7 Å². The zero-order valence-corrected chi connectivity index (χ0v) is 20.3. The number of alkyl halides is 3. The lowest BCUT2D eigenvalue weighted by Gasteiger charge is -2.64. The van der Waals surface area contributed by atoms with Crippen molar-refractivity contribution in [3.05, 3.63) is 70.8 Å². The minimum absolute atomic E-state index is 0.0130. The van der Waals surface area contributed by atoms with Crippen LogP contribution in [0.25, 0.3) is 6.08 Å². The second kappa shape index (κ2) is 7.83. The Hall–Kier alpha value is -2.84. The maximum Gasteiger partial charge on any atom is 0.416 e. The Morgan fingerprint density at radius 1 is 1.22 bits per heavy atom. The summed E-state index contributed by atoms with van der Waals surface area (Å²) in [4.78, 5) is 17.1. The molecule has 1 N–H and O–H groups in total. The van der Waals surface area contributed by atoms with E-state index in [4.69, 9.17) is 4.74 Å². The van der Waals surface area contributed by atoms with Crippen LogP contribution in [0.15, 0.2) is 48.5 Å². The van der Waals surface area contributed by atoms with E-state index in [-0.39, 0.29) is 24.1 Å². The summed E-state index contributed by atoms with van der Waals surface area (Å²) in [5, 5.41) is 12.2. The molecule has 0 unspecified atom stereocenters. The number of rotatable bonds is 3. The van der Waals surface area contributed by atoms with Gasteiger partial charge in [-0.15, -0.1) is 0 Å². The molecule has 4 aliphatic rings. The zero-order valence-electron chi connectivity index (χ0n) is 20.3. The molecular weight excluding hydrogens is 469 g/mol. The third-order valence-corrected chi connectivity index (χ3v) is 9.07. The number of benzene rings is 2. The van der Waals surface area contributed by atoms with E-state index in [1.165, 1.54) is 29.8 Å². The molecule has 0 radical (unpaired) electrons. The van der Waals surface area contributed by atoms with E-state index >= 15 is 0 Å². The molecule has 2 fully saturated rings. The van der Waals surface area contributed by atoms with Gasteiger partial charge in [0.25, 0.3) is 0 Å². The predicted octanol–water partition coefficient (Wildman–Crippen LogP) is 4.03. The molecule has 2 aromatic carbocycles. The molecule has 2 aliphatic heterocycles. The molecule has 190 valence electrons. The molecule has 0 aromatic heterocycles. The lowest BCUT2D eigenvalue weighted by atomic mass is 9.48. The van der Waals surface area contributed by atoms with Gasteiger partial charge < -0.3 is 19.6 Å². The van der Waals surface area contributed by atoms with Gasteiger partial charge in [0.15, 0.2) is 0 Å². The van der Waals surface area contributed by atoms with Gasteiger partial charge in [-0.2, -0.15) is 13.2 Å². The van der Waals surface area contributed by atoms with Crippen molar-refractivity contribution >= 4 is 12.0 Å². The van der Waals surface area contributed by atoms with Gasteiger partial charge in [-0.3, -0.25) is 4.79 Å². The Morgan fingerprint density at radius 2 is 2.00 bits per heavy atom. The van der Waals surface area contributed by atoms with Gasteiger partial charge in [0.2, 0.25) is 5.91 Å². The minimum atomic E-state index is -4.44. The molecule has 8 heteroatoms. The summed E-state index contributed by atoms with van der Waals surface area (Å²) < 4.78 is 45.7. The molecule has 1 saturated heterocycles.